The van der Waals surface area contributed by atoms with Crippen LogP contribution in [0.3, 0.4) is 0 Å². The third-order valence-electron chi connectivity index (χ3n) is 4.30. The van der Waals surface area contributed by atoms with Crippen LogP contribution in [-0.2, 0) is 4.74 Å². The first-order valence-electron chi connectivity index (χ1n) is 7.06. The van der Waals surface area contributed by atoms with E-state index < -0.39 is 24.2 Å². The van der Waals surface area contributed by atoms with Crippen LogP contribution in [0.15, 0.2) is 0 Å². The third kappa shape index (κ3) is 4.95. The van der Waals surface area contributed by atoms with E-state index in [1.165, 1.54) is 0 Å². The molecule has 1 aliphatic rings. The largest absolute Gasteiger partial charge is 0.389 e. The summed E-state index contributed by atoms with van der Waals surface area (Å²) in [5, 5.41) is 0. The van der Waals surface area contributed by atoms with Crippen molar-refractivity contribution >= 4 is 0 Å². The topological polar surface area (TPSA) is 35.2 Å². The highest BCUT2D eigenvalue weighted by molar-refractivity contribution is 4.97. The van der Waals surface area contributed by atoms with Crippen molar-refractivity contribution in [1.82, 2.24) is 0 Å². The smallest absolute Gasteiger partial charge is 0.374 e. The second-order valence-corrected chi connectivity index (χ2v) is 6.42. The maximum atomic E-state index is 12.3. The molecule has 114 valence electrons. The highest BCUT2D eigenvalue weighted by Crippen LogP contribution is 2.44. The predicted molar refractivity (Wildman–Crippen MR) is 69.9 cm³/mol. The van der Waals surface area contributed by atoms with Crippen LogP contribution in [0.5, 0.6) is 0 Å². The molecular formula is C14H26F3NO. The van der Waals surface area contributed by atoms with Crippen molar-refractivity contribution in [3.63, 3.8) is 0 Å². The van der Waals surface area contributed by atoms with E-state index in [2.05, 4.69) is 13.8 Å². The normalized spacial score (nSPS) is 24.2. The van der Waals surface area contributed by atoms with Gasteiger partial charge in [0.1, 0.15) is 0 Å². The van der Waals surface area contributed by atoms with Gasteiger partial charge in [-0.1, -0.05) is 13.8 Å². The van der Waals surface area contributed by atoms with Crippen molar-refractivity contribution in [2.24, 2.45) is 11.1 Å². The van der Waals surface area contributed by atoms with E-state index in [-0.39, 0.29) is 11.8 Å². The van der Waals surface area contributed by atoms with Crippen molar-refractivity contribution in [2.45, 2.75) is 77.1 Å². The lowest BCUT2D eigenvalue weighted by molar-refractivity contribution is -0.146. The Morgan fingerprint density at radius 3 is 2.11 bits per heavy atom. The van der Waals surface area contributed by atoms with Crippen LogP contribution in [-0.4, -0.2) is 24.4 Å². The van der Waals surface area contributed by atoms with Crippen LogP contribution in [0, 0.1) is 5.41 Å². The molecule has 0 bridgehead atoms. The van der Waals surface area contributed by atoms with Crippen molar-refractivity contribution in [1.29, 1.82) is 0 Å². The summed E-state index contributed by atoms with van der Waals surface area (Å²) >= 11 is 0. The number of alkyl halides is 3. The molecule has 1 rings (SSSR count). The summed E-state index contributed by atoms with van der Waals surface area (Å²) in [5.41, 5.74) is 5.72. The molecule has 2 N–H and O–H groups in total. The molecule has 1 aliphatic carbocycles. The molecule has 1 saturated carbocycles. The zero-order chi connectivity index (χ0) is 14.7. The summed E-state index contributed by atoms with van der Waals surface area (Å²) < 4.78 is 42.8. The Labute approximate surface area is 113 Å². The van der Waals surface area contributed by atoms with E-state index in [0.717, 1.165) is 25.7 Å². The molecule has 1 atom stereocenters. The van der Waals surface area contributed by atoms with Gasteiger partial charge in [0.05, 0.1) is 5.60 Å². The minimum absolute atomic E-state index is 0.0517. The number of hydrogen-bond acceptors (Lipinski definition) is 2. The summed E-state index contributed by atoms with van der Waals surface area (Å²) in [7, 11) is 0. The van der Waals surface area contributed by atoms with Crippen LogP contribution >= 0.6 is 0 Å². The van der Waals surface area contributed by atoms with Gasteiger partial charge in [0.25, 0.3) is 0 Å². The van der Waals surface area contributed by atoms with Gasteiger partial charge < -0.3 is 10.5 Å². The third-order valence-corrected chi connectivity index (χ3v) is 4.30. The molecule has 1 unspecified atom stereocenters. The molecule has 1 fully saturated rings. The summed E-state index contributed by atoms with van der Waals surface area (Å²) in [6, 6.07) is -0.537. The van der Waals surface area contributed by atoms with E-state index in [4.69, 9.17) is 10.5 Å². The van der Waals surface area contributed by atoms with Crippen LogP contribution < -0.4 is 5.73 Å². The molecule has 0 radical (unpaired) electrons. The van der Waals surface area contributed by atoms with Gasteiger partial charge in [-0.05, 0) is 44.4 Å². The molecule has 0 heterocycles. The molecule has 0 aromatic rings. The Kier molecular flexibility index (Phi) is 5.29. The minimum Gasteiger partial charge on any atom is -0.374 e. The molecular weight excluding hydrogens is 255 g/mol. The molecule has 0 spiro atoms. The van der Waals surface area contributed by atoms with Gasteiger partial charge >= 0.3 is 6.18 Å². The highest BCUT2D eigenvalue weighted by atomic mass is 19.4. The van der Waals surface area contributed by atoms with Crippen molar-refractivity contribution < 1.29 is 17.9 Å². The maximum Gasteiger partial charge on any atom is 0.389 e. The van der Waals surface area contributed by atoms with Gasteiger partial charge in [-0.3, -0.25) is 0 Å². The van der Waals surface area contributed by atoms with Crippen LogP contribution in [0.2, 0.25) is 0 Å². The Hall–Kier alpha value is -0.290. The van der Waals surface area contributed by atoms with E-state index in [9.17, 15) is 13.2 Å². The summed E-state index contributed by atoms with van der Waals surface area (Å²) in [5.74, 6) is 0. The standard InChI is InChI=1S/C14H26F3NO/c1-4-19-13(9-7-12(2,3)8-10-13)11(18)5-6-14(15,16)17/h11H,4-10,18H2,1-3H3. The second-order valence-electron chi connectivity index (χ2n) is 6.42. The number of nitrogens with two attached hydrogens (primary N) is 1. The molecule has 0 aromatic heterocycles. The van der Waals surface area contributed by atoms with Crippen molar-refractivity contribution in [3.05, 3.63) is 0 Å². The lowest BCUT2D eigenvalue weighted by atomic mass is 9.68. The van der Waals surface area contributed by atoms with E-state index in [1.54, 1.807) is 0 Å². The van der Waals surface area contributed by atoms with E-state index >= 15 is 0 Å². The highest BCUT2D eigenvalue weighted by Gasteiger charge is 2.44. The quantitative estimate of drug-likeness (QED) is 0.825. The maximum absolute atomic E-state index is 12.3. The second kappa shape index (κ2) is 6.00. The van der Waals surface area contributed by atoms with Gasteiger partial charge in [0, 0.05) is 19.1 Å². The lowest BCUT2D eigenvalue weighted by Gasteiger charge is -2.46. The number of ether oxygens (including phenoxy) is 1. The number of hydrogen-bond donors (Lipinski definition) is 1. The molecule has 5 heteroatoms. The predicted octanol–water partition coefficient (Wildman–Crippen LogP) is 4.03. The van der Waals surface area contributed by atoms with Gasteiger partial charge in [-0.15, -0.1) is 0 Å². The van der Waals surface area contributed by atoms with Crippen molar-refractivity contribution in [3.8, 4) is 0 Å². The van der Waals surface area contributed by atoms with E-state index in [1.807, 2.05) is 6.92 Å². The Morgan fingerprint density at radius 1 is 1.16 bits per heavy atom. The Morgan fingerprint density at radius 2 is 1.68 bits per heavy atom. The number of rotatable bonds is 5. The SMILES string of the molecule is CCOC1(C(N)CCC(F)(F)F)CCC(C)(C)CC1. The van der Waals surface area contributed by atoms with Gasteiger partial charge in [0.15, 0.2) is 0 Å². The van der Waals surface area contributed by atoms with Crippen LogP contribution in [0.1, 0.15) is 59.3 Å². The molecule has 0 saturated heterocycles. The minimum atomic E-state index is -4.14. The van der Waals surface area contributed by atoms with Gasteiger partial charge in [0.2, 0.25) is 0 Å². The fraction of sp³-hybridized carbons (Fsp3) is 1.00. The van der Waals surface area contributed by atoms with Crippen molar-refractivity contribution in [2.75, 3.05) is 6.61 Å². The molecule has 0 amide bonds. The first-order chi connectivity index (χ1) is 8.60. The number of halogens is 3. The van der Waals surface area contributed by atoms with Gasteiger partial charge in [-0.25, -0.2) is 0 Å². The zero-order valence-electron chi connectivity index (χ0n) is 12.1. The Bertz CT molecular complexity index is 279. The molecule has 0 aliphatic heterocycles. The lowest BCUT2D eigenvalue weighted by Crippen LogP contribution is -2.53. The van der Waals surface area contributed by atoms with Gasteiger partial charge in [-0.2, -0.15) is 13.2 Å². The zero-order valence-corrected chi connectivity index (χ0v) is 12.1. The molecule has 19 heavy (non-hydrogen) atoms. The molecule has 0 aromatic carbocycles. The fourth-order valence-corrected chi connectivity index (χ4v) is 2.84. The first-order valence-corrected chi connectivity index (χ1v) is 7.06. The summed E-state index contributed by atoms with van der Waals surface area (Å²) in [6.07, 6.45) is -1.60. The fourth-order valence-electron chi connectivity index (χ4n) is 2.84. The van der Waals surface area contributed by atoms with Crippen LogP contribution in [0.4, 0.5) is 13.2 Å². The van der Waals surface area contributed by atoms with E-state index in [0.29, 0.717) is 6.61 Å². The molecule has 2 nitrogen and oxygen atoms in total. The summed E-state index contributed by atoms with van der Waals surface area (Å²) in [6.45, 7) is 6.74. The monoisotopic (exact) mass is 281 g/mol. The average Bonchev–Trinajstić information content (AvgIpc) is 2.28. The average molecular weight is 281 g/mol. The first kappa shape index (κ1) is 16.8. The summed E-state index contributed by atoms with van der Waals surface area (Å²) in [4.78, 5) is 0. The van der Waals surface area contributed by atoms with Crippen LogP contribution in [0.25, 0.3) is 0 Å². The Balaban J connectivity index is 2.66.